The number of anilines is 1. The number of carbonyl (C=O) groups excluding carboxylic acids is 1. The Bertz CT molecular complexity index is 711. The normalized spacial score (nSPS) is 10.2. The predicted octanol–water partition coefficient (Wildman–Crippen LogP) is 3.94. The van der Waals surface area contributed by atoms with Crippen LogP contribution in [0.1, 0.15) is 29.3 Å². The summed E-state index contributed by atoms with van der Waals surface area (Å²) in [5.74, 6) is 0.443. The lowest BCUT2D eigenvalue weighted by molar-refractivity contribution is -0.384. The zero-order chi connectivity index (χ0) is 16.8. The fraction of sp³-hybridized carbons (Fsp3) is 0.235. The number of nitrogens with zero attached hydrogens (tertiary/aromatic N) is 1. The molecular formula is C17H18N2O4. The molecule has 2 aromatic carbocycles. The van der Waals surface area contributed by atoms with Gasteiger partial charge in [-0.3, -0.25) is 14.9 Å². The van der Waals surface area contributed by atoms with Crippen LogP contribution in [0.3, 0.4) is 0 Å². The molecule has 0 aliphatic carbocycles. The number of non-ortho nitro benzene ring substituents is 1. The summed E-state index contributed by atoms with van der Waals surface area (Å²) in [4.78, 5) is 22.5. The number of benzene rings is 2. The van der Waals surface area contributed by atoms with Crippen molar-refractivity contribution < 1.29 is 14.5 Å². The van der Waals surface area contributed by atoms with E-state index in [-0.39, 0.29) is 11.6 Å². The summed E-state index contributed by atoms with van der Waals surface area (Å²) < 4.78 is 5.47. The molecule has 0 unspecified atom stereocenters. The van der Waals surface area contributed by atoms with Crippen LogP contribution in [0.5, 0.6) is 5.75 Å². The second-order valence-corrected chi connectivity index (χ2v) is 5.08. The van der Waals surface area contributed by atoms with Crippen LogP contribution < -0.4 is 10.1 Å². The van der Waals surface area contributed by atoms with Gasteiger partial charge in [0.2, 0.25) is 0 Å². The summed E-state index contributed by atoms with van der Waals surface area (Å²) in [6.45, 7) is 4.37. The highest BCUT2D eigenvalue weighted by molar-refractivity contribution is 6.04. The summed E-state index contributed by atoms with van der Waals surface area (Å²) in [5.41, 5.74) is 1.67. The van der Waals surface area contributed by atoms with Crippen molar-refractivity contribution in [2.45, 2.75) is 20.3 Å². The number of carbonyl (C=O) groups is 1. The minimum Gasteiger partial charge on any atom is -0.494 e. The van der Waals surface area contributed by atoms with Crippen LogP contribution in [0, 0.1) is 17.0 Å². The van der Waals surface area contributed by atoms with Crippen LogP contribution >= 0.6 is 0 Å². The molecule has 120 valence electrons. The van der Waals surface area contributed by atoms with Gasteiger partial charge in [-0.05, 0) is 49.2 Å². The second-order valence-electron chi connectivity index (χ2n) is 5.08. The Morgan fingerprint density at radius 3 is 2.48 bits per heavy atom. The first kappa shape index (κ1) is 16.5. The van der Waals surface area contributed by atoms with Gasteiger partial charge in [0.15, 0.2) is 0 Å². The number of hydrogen-bond acceptors (Lipinski definition) is 4. The van der Waals surface area contributed by atoms with Gasteiger partial charge in [-0.2, -0.15) is 0 Å². The quantitative estimate of drug-likeness (QED) is 0.646. The van der Waals surface area contributed by atoms with Gasteiger partial charge in [-0.1, -0.05) is 6.92 Å². The summed E-state index contributed by atoms with van der Waals surface area (Å²) in [5, 5.41) is 13.5. The maximum atomic E-state index is 12.2. The predicted molar refractivity (Wildman–Crippen MR) is 88.0 cm³/mol. The Labute approximate surface area is 134 Å². The third-order valence-electron chi connectivity index (χ3n) is 3.26. The average molecular weight is 314 g/mol. The molecule has 0 aliphatic rings. The maximum absolute atomic E-state index is 12.2. The molecule has 0 fully saturated rings. The Morgan fingerprint density at radius 1 is 1.22 bits per heavy atom. The number of nitro benzene ring substituents is 1. The second kappa shape index (κ2) is 7.40. The molecule has 6 nitrogen and oxygen atoms in total. The van der Waals surface area contributed by atoms with Crippen LogP contribution in [0.25, 0.3) is 0 Å². The van der Waals surface area contributed by atoms with E-state index >= 15 is 0 Å². The van der Waals surface area contributed by atoms with Crippen molar-refractivity contribution in [3.8, 4) is 5.75 Å². The van der Waals surface area contributed by atoms with E-state index < -0.39 is 4.92 Å². The third-order valence-corrected chi connectivity index (χ3v) is 3.26. The van der Waals surface area contributed by atoms with Gasteiger partial charge in [-0.25, -0.2) is 0 Å². The summed E-state index contributed by atoms with van der Waals surface area (Å²) in [7, 11) is 0. The molecule has 0 saturated heterocycles. The lowest BCUT2D eigenvalue weighted by atomic mass is 10.1. The smallest absolute Gasteiger partial charge is 0.269 e. The molecule has 0 saturated carbocycles. The highest BCUT2D eigenvalue weighted by atomic mass is 16.6. The van der Waals surface area contributed by atoms with Gasteiger partial charge >= 0.3 is 0 Å². The van der Waals surface area contributed by atoms with Crippen LogP contribution in [-0.2, 0) is 0 Å². The van der Waals surface area contributed by atoms with Gasteiger partial charge < -0.3 is 10.1 Å². The van der Waals surface area contributed by atoms with Crippen molar-refractivity contribution in [2.24, 2.45) is 0 Å². The molecule has 1 N–H and O–H groups in total. The van der Waals surface area contributed by atoms with Crippen LogP contribution in [0.15, 0.2) is 42.5 Å². The molecule has 0 spiro atoms. The number of rotatable bonds is 6. The molecule has 6 heteroatoms. The van der Waals surface area contributed by atoms with Crippen molar-refractivity contribution in [1.29, 1.82) is 0 Å². The SMILES string of the molecule is CCCOc1ccc(C(=O)Nc2ccc([N+](=O)[O-])cc2C)cc1. The van der Waals surface area contributed by atoms with Crippen molar-refractivity contribution in [3.05, 3.63) is 63.7 Å². The first-order valence-corrected chi connectivity index (χ1v) is 7.30. The Hall–Kier alpha value is -2.89. The molecule has 2 aromatic rings. The van der Waals surface area contributed by atoms with Crippen molar-refractivity contribution in [3.63, 3.8) is 0 Å². The summed E-state index contributed by atoms with van der Waals surface area (Å²) in [6, 6.07) is 11.2. The molecule has 0 radical (unpaired) electrons. The zero-order valence-corrected chi connectivity index (χ0v) is 13.0. The van der Waals surface area contributed by atoms with Crippen molar-refractivity contribution in [1.82, 2.24) is 0 Å². The van der Waals surface area contributed by atoms with E-state index in [0.717, 1.165) is 12.2 Å². The fourth-order valence-corrected chi connectivity index (χ4v) is 2.02. The van der Waals surface area contributed by atoms with Gasteiger partial charge in [0.1, 0.15) is 5.75 Å². The molecule has 1 amide bonds. The topological polar surface area (TPSA) is 81.5 Å². The first-order valence-electron chi connectivity index (χ1n) is 7.30. The molecule has 0 heterocycles. The first-order chi connectivity index (χ1) is 11.0. The van der Waals surface area contributed by atoms with Crippen LogP contribution in [0.4, 0.5) is 11.4 Å². The van der Waals surface area contributed by atoms with E-state index in [1.54, 1.807) is 31.2 Å². The van der Waals surface area contributed by atoms with E-state index in [2.05, 4.69) is 5.32 Å². The van der Waals surface area contributed by atoms with E-state index in [9.17, 15) is 14.9 Å². The highest BCUT2D eigenvalue weighted by Gasteiger charge is 2.11. The molecule has 0 aliphatic heterocycles. The maximum Gasteiger partial charge on any atom is 0.269 e. The van der Waals surface area contributed by atoms with E-state index in [1.165, 1.54) is 18.2 Å². The fourth-order valence-electron chi connectivity index (χ4n) is 2.02. The van der Waals surface area contributed by atoms with Crippen LogP contribution in [-0.4, -0.2) is 17.4 Å². The Kier molecular flexibility index (Phi) is 5.30. The minimum atomic E-state index is -0.465. The largest absolute Gasteiger partial charge is 0.494 e. The highest BCUT2D eigenvalue weighted by Crippen LogP contribution is 2.22. The zero-order valence-electron chi connectivity index (χ0n) is 13.0. The molecule has 23 heavy (non-hydrogen) atoms. The van der Waals surface area contributed by atoms with Gasteiger partial charge in [0.05, 0.1) is 11.5 Å². The molecule has 0 aromatic heterocycles. The van der Waals surface area contributed by atoms with Gasteiger partial charge in [0.25, 0.3) is 11.6 Å². The molecule has 2 rings (SSSR count). The lowest BCUT2D eigenvalue weighted by Crippen LogP contribution is -2.12. The van der Waals surface area contributed by atoms with Crippen LogP contribution in [0.2, 0.25) is 0 Å². The van der Waals surface area contributed by atoms with Gasteiger partial charge in [-0.15, -0.1) is 0 Å². The summed E-state index contributed by atoms with van der Waals surface area (Å²) >= 11 is 0. The van der Waals surface area contributed by atoms with E-state index in [1.807, 2.05) is 6.92 Å². The number of hydrogen-bond donors (Lipinski definition) is 1. The number of amides is 1. The van der Waals surface area contributed by atoms with E-state index in [4.69, 9.17) is 4.74 Å². The summed E-state index contributed by atoms with van der Waals surface area (Å²) in [6.07, 6.45) is 0.918. The number of nitro groups is 1. The van der Waals surface area contributed by atoms with Crippen molar-refractivity contribution in [2.75, 3.05) is 11.9 Å². The van der Waals surface area contributed by atoms with E-state index in [0.29, 0.717) is 23.4 Å². The number of ether oxygens (including phenoxy) is 1. The Morgan fingerprint density at radius 2 is 1.91 bits per heavy atom. The Balaban J connectivity index is 2.08. The third kappa shape index (κ3) is 4.29. The molecule has 0 atom stereocenters. The standard InChI is InChI=1S/C17H18N2O4/c1-3-10-23-15-7-4-13(5-8-15)17(20)18-16-9-6-14(19(21)22)11-12(16)2/h4-9,11H,3,10H2,1-2H3,(H,18,20). The monoisotopic (exact) mass is 314 g/mol. The minimum absolute atomic E-state index is 0.00192. The van der Waals surface area contributed by atoms with Crippen molar-refractivity contribution >= 4 is 17.3 Å². The average Bonchev–Trinajstić information content (AvgIpc) is 2.55. The number of aryl methyl sites for hydroxylation is 1. The lowest BCUT2D eigenvalue weighted by Gasteiger charge is -2.09. The van der Waals surface area contributed by atoms with Gasteiger partial charge in [0, 0.05) is 23.4 Å². The molecular weight excluding hydrogens is 296 g/mol. The molecule has 0 bridgehead atoms. The number of nitrogens with one attached hydrogen (secondary N) is 1.